The van der Waals surface area contributed by atoms with Crippen molar-refractivity contribution in [2.24, 2.45) is 5.10 Å². The van der Waals surface area contributed by atoms with E-state index in [1.807, 2.05) is 0 Å². The van der Waals surface area contributed by atoms with E-state index >= 15 is 0 Å². The number of hydrogen-bond acceptors (Lipinski definition) is 9. The summed E-state index contributed by atoms with van der Waals surface area (Å²) in [6.45, 7) is 0. The van der Waals surface area contributed by atoms with Gasteiger partial charge in [-0.25, -0.2) is 14.0 Å². The molecule has 26 heavy (non-hydrogen) atoms. The van der Waals surface area contributed by atoms with Crippen LogP contribution in [0.15, 0.2) is 58.5 Å². The lowest BCUT2D eigenvalue weighted by atomic mass is 10.3. The van der Waals surface area contributed by atoms with Gasteiger partial charge in [0.15, 0.2) is 11.6 Å². The number of pyridine rings is 1. The van der Waals surface area contributed by atoms with Crippen LogP contribution in [-0.4, -0.2) is 31.5 Å². The van der Waals surface area contributed by atoms with Gasteiger partial charge in [0.05, 0.1) is 6.21 Å². The quantitative estimate of drug-likeness (QED) is 0.417. The highest BCUT2D eigenvalue weighted by atomic mass is 19.1. The predicted molar refractivity (Wildman–Crippen MR) is 92.5 cm³/mol. The molecule has 0 amide bonds. The summed E-state index contributed by atoms with van der Waals surface area (Å²) in [4.78, 5) is 12.5. The van der Waals surface area contributed by atoms with Crippen molar-refractivity contribution in [3.05, 3.63) is 60.2 Å². The number of nitrogens with zero attached hydrogens (tertiary/aromatic N) is 6. The molecule has 0 bridgehead atoms. The minimum Gasteiger partial charge on any atom is -0.337 e. The van der Waals surface area contributed by atoms with Crippen LogP contribution in [0.4, 0.5) is 21.7 Å². The Bertz CT molecular complexity index is 1050. The van der Waals surface area contributed by atoms with Gasteiger partial charge in [-0.3, -0.25) is 10.4 Å². The third-order valence-electron chi connectivity index (χ3n) is 3.31. The number of nitrogens with one attached hydrogen (secondary N) is 2. The SMILES string of the molecule is Fc1ccc(Nc2nc3nonc3nc2N/N=C/c2ccncc2)cc1. The van der Waals surface area contributed by atoms with E-state index in [-0.39, 0.29) is 17.1 Å². The lowest BCUT2D eigenvalue weighted by Gasteiger charge is -2.09. The Labute approximate surface area is 146 Å². The summed E-state index contributed by atoms with van der Waals surface area (Å²) in [6, 6.07) is 9.43. The van der Waals surface area contributed by atoms with Crippen LogP contribution in [0.5, 0.6) is 0 Å². The molecule has 1 aromatic carbocycles. The van der Waals surface area contributed by atoms with Crippen molar-refractivity contribution >= 4 is 34.8 Å². The van der Waals surface area contributed by atoms with E-state index in [0.717, 1.165) is 5.56 Å². The zero-order chi connectivity index (χ0) is 17.8. The molecule has 0 saturated heterocycles. The second-order valence-electron chi connectivity index (χ2n) is 5.11. The van der Waals surface area contributed by atoms with E-state index in [0.29, 0.717) is 17.3 Å². The number of halogens is 1. The molecule has 10 heteroatoms. The Morgan fingerprint density at radius 2 is 1.62 bits per heavy atom. The maximum absolute atomic E-state index is 13.1. The van der Waals surface area contributed by atoms with E-state index in [2.05, 4.69) is 45.7 Å². The molecule has 0 saturated carbocycles. The first-order valence-corrected chi connectivity index (χ1v) is 7.50. The molecule has 0 aliphatic carbocycles. The fourth-order valence-corrected chi connectivity index (χ4v) is 2.09. The van der Waals surface area contributed by atoms with E-state index in [1.54, 1.807) is 42.9 Å². The molecule has 0 unspecified atom stereocenters. The third-order valence-corrected chi connectivity index (χ3v) is 3.31. The second kappa shape index (κ2) is 6.89. The lowest BCUT2D eigenvalue weighted by molar-refractivity contribution is 0.314. The van der Waals surface area contributed by atoms with Gasteiger partial charge in [0, 0.05) is 18.1 Å². The van der Waals surface area contributed by atoms with Gasteiger partial charge in [-0.05, 0) is 52.3 Å². The normalized spacial score (nSPS) is 11.1. The smallest absolute Gasteiger partial charge is 0.245 e. The minimum absolute atomic E-state index is 0.233. The summed E-state index contributed by atoms with van der Waals surface area (Å²) in [5.74, 6) is 0.313. The Morgan fingerprint density at radius 3 is 2.35 bits per heavy atom. The first kappa shape index (κ1) is 15.6. The van der Waals surface area contributed by atoms with Crippen LogP contribution >= 0.6 is 0 Å². The van der Waals surface area contributed by atoms with Crippen molar-refractivity contribution in [1.29, 1.82) is 0 Å². The third kappa shape index (κ3) is 3.43. The first-order valence-electron chi connectivity index (χ1n) is 7.50. The highest BCUT2D eigenvalue weighted by molar-refractivity contribution is 5.81. The molecule has 128 valence electrons. The minimum atomic E-state index is -0.335. The van der Waals surface area contributed by atoms with E-state index in [4.69, 9.17) is 0 Å². The molecule has 2 N–H and O–H groups in total. The fraction of sp³-hybridized carbons (Fsp3) is 0. The van der Waals surface area contributed by atoms with Crippen molar-refractivity contribution in [2.45, 2.75) is 0 Å². The Hall–Kier alpha value is -3.95. The molecular weight excluding hydrogens is 339 g/mol. The van der Waals surface area contributed by atoms with Crippen LogP contribution in [-0.2, 0) is 0 Å². The maximum Gasteiger partial charge on any atom is 0.245 e. The monoisotopic (exact) mass is 350 g/mol. The lowest BCUT2D eigenvalue weighted by Crippen LogP contribution is -2.03. The summed E-state index contributed by atoms with van der Waals surface area (Å²) in [7, 11) is 0. The molecule has 4 rings (SSSR count). The number of rotatable bonds is 5. The van der Waals surface area contributed by atoms with Gasteiger partial charge in [0.25, 0.3) is 0 Å². The average molecular weight is 350 g/mol. The molecule has 4 aromatic rings. The highest BCUT2D eigenvalue weighted by Crippen LogP contribution is 2.23. The van der Waals surface area contributed by atoms with Crippen LogP contribution in [0.1, 0.15) is 5.56 Å². The van der Waals surface area contributed by atoms with E-state index in [1.165, 1.54) is 12.1 Å². The zero-order valence-electron chi connectivity index (χ0n) is 13.2. The van der Waals surface area contributed by atoms with Gasteiger partial charge in [-0.1, -0.05) is 0 Å². The van der Waals surface area contributed by atoms with Crippen LogP contribution < -0.4 is 10.7 Å². The molecule has 3 aromatic heterocycles. The van der Waals surface area contributed by atoms with Gasteiger partial charge in [0.2, 0.25) is 11.3 Å². The van der Waals surface area contributed by atoms with Crippen molar-refractivity contribution in [1.82, 2.24) is 25.3 Å². The number of fused-ring (bicyclic) bond motifs is 1. The molecule has 0 atom stereocenters. The van der Waals surface area contributed by atoms with Crippen LogP contribution in [0.25, 0.3) is 11.3 Å². The fourth-order valence-electron chi connectivity index (χ4n) is 2.09. The number of benzene rings is 1. The number of hydrazone groups is 1. The summed E-state index contributed by atoms with van der Waals surface area (Å²) in [5, 5.41) is 14.5. The van der Waals surface area contributed by atoms with Crippen LogP contribution in [0.2, 0.25) is 0 Å². The van der Waals surface area contributed by atoms with E-state index in [9.17, 15) is 4.39 Å². The maximum atomic E-state index is 13.1. The average Bonchev–Trinajstić information content (AvgIpc) is 3.12. The summed E-state index contributed by atoms with van der Waals surface area (Å²) in [6.07, 6.45) is 4.93. The molecule has 0 fully saturated rings. The standard InChI is InChI=1S/C16H11FN8O/c17-11-1-3-12(4-2-11)20-13-14(22-16-15(21-13)24-26-25-16)23-19-9-10-5-7-18-8-6-10/h1-9H,(H,20,21,24)(H,22,23,25)/b19-9+. The van der Waals surface area contributed by atoms with E-state index < -0.39 is 0 Å². The number of hydrogen-bond donors (Lipinski definition) is 2. The van der Waals surface area contributed by atoms with Gasteiger partial charge >= 0.3 is 0 Å². The van der Waals surface area contributed by atoms with Crippen molar-refractivity contribution in [3.63, 3.8) is 0 Å². The highest BCUT2D eigenvalue weighted by Gasteiger charge is 2.12. The molecule has 9 nitrogen and oxygen atoms in total. The van der Waals surface area contributed by atoms with Crippen LogP contribution in [0, 0.1) is 5.82 Å². The zero-order valence-corrected chi connectivity index (χ0v) is 13.2. The van der Waals surface area contributed by atoms with Crippen molar-refractivity contribution in [3.8, 4) is 0 Å². The first-order chi connectivity index (χ1) is 12.8. The summed E-state index contributed by atoms with van der Waals surface area (Å²) < 4.78 is 17.7. The van der Waals surface area contributed by atoms with Gasteiger partial charge in [-0.15, -0.1) is 0 Å². The van der Waals surface area contributed by atoms with Gasteiger partial charge in [-0.2, -0.15) is 10.1 Å². The Morgan fingerprint density at radius 1 is 0.923 bits per heavy atom. The number of anilines is 3. The molecule has 0 spiro atoms. The van der Waals surface area contributed by atoms with Crippen molar-refractivity contribution < 1.29 is 9.02 Å². The summed E-state index contributed by atoms with van der Waals surface area (Å²) >= 11 is 0. The van der Waals surface area contributed by atoms with Gasteiger partial charge in [0.1, 0.15) is 5.82 Å². The number of aromatic nitrogens is 5. The van der Waals surface area contributed by atoms with Gasteiger partial charge < -0.3 is 5.32 Å². The molecule has 0 radical (unpaired) electrons. The topological polar surface area (TPSA) is 114 Å². The van der Waals surface area contributed by atoms with Crippen LogP contribution in [0.3, 0.4) is 0 Å². The Kier molecular flexibility index (Phi) is 4.13. The molecule has 3 heterocycles. The molecule has 0 aliphatic heterocycles. The summed E-state index contributed by atoms with van der Waals surface area (Å²) in [5.41, 5.74) is 4.75. The second-order valence-corrected chi connectivity index (χ2v) is 5.11. The Balaban J connectivity index is 1.63. The predicted octanol–water partition coefficient (Wildman–Crippen LogP) is 2.74. The largest absolute Gasteiger partial charge is 0.337 e. The molecule has 0 aliphatic rings. The van der Waals surface area contributed by atoms with Crippen molar-refractivity contribution in [2.75, 3.05) is 10.7 Å². The molecular formula is C16H11FN8O.